The normalized spacial score (nSPS) is 18.6. The van der Waals surface area contributed by atoms with Crippen LogP contribution in [-0.4, -0.2) is 53.1 Å². The summed E-state index contributed by atoms with van der Waals surface area (Å²) in [6, 6.07) is 5.99. The molecule has 9 nitrogen and oxygen atoms in total. The van der Waals surface area contributed by atoms with Gasteiger partial charge in [-0.05, 0) is 43.4 Å². The molecule has 2 heterocycles. The van der Waals surface area contributed by atoms with Gasteiger partial charge in [0.05, 0.1) is 0 Å². The molecular weight excluding hydrogens is 392 g/mol. The maximum atomic E-state index is 11.6. The van der Waals surface area contributed by atoms with Crippen molar-refractivity contribution >= 4 is 29.4 Å². The number of amides is 1. The summed E-state index contributed by atoms with van der Waals surface area (Å²) >= 11 is 0. The van der Waals surface area contributed by atoms with Gasteiger partial charge in [0.1, 0.15) is 0 Å². The number of rotatable bonds is 7. The lowest BCUT2D eigenvalue weighted by molar-refractivity contribution is 0.100. The zero-order chi connectivity index (χ0) is 22.8. The van der Waals surface area contributed by atoms with Gasteiger partial charge < -0.3 is 26.6 Å². The predicted molar refractivity (Wildman–Crippen MR) is 125 cm³/mol. The summed E-state index contributed by atoms with van der Waals surface area (Å²) in [5.41, 5.74) is 7.64. The van der Waals surface area contributed by atoms with Crippen molar-refractivity contribution in [2.24, 2.45) is 11.1 Å². The van der Waals surface area contributed by atoms with Crippen LogP contribution >= 0.6 is 0 Å². The lowest BCUT2D eigenvalue weighted by Gasteiger charge is -2.27. The summed E-state index contributed by atoms with van der Waals surface area (Å²) in [5, 5.41) is 10.1. The monoisotopic (exact) mass is 426 g/mol. The molecule has 0 unspecified atom stereocenters. The Morgan fingerprint density at radius 3 is 2.58 bits per heavy atom. The smallest absolute Gasteiger partial charge is 0.248 e. The molecule has 1 aliphatic heterocycles. The zero-order valence-electron chi connectivity index (χ0n) is 19.3. The Hall–Kier alpha value is -2.94. The minimum absolute atomic E-state index is 0.0831. The maximum Gasteiger partial charge on any atom is 0.248 e. The van der Waals surface area contributed by atoms with Crippen molar-refractivity contribution in [1.29, 1.82) is 0 Å². The van der Waals surface area contributed by atoms with Gasteiger partial charge >= 0.3 is 0 Å². The molecule has 2 aromatic rings. The number of carbonyl (C=O) groups excluding carboxylic acids is 1. The lowest BCUT2D eigenvalue weighted by Crippen LogP contribution is -2.31. The predicted octanol–water partition coefficient (Wildman–Crippen LogP) is 2.67. The average molecular weight is 427 g/mol. The summed E-state index contributed by atoms with van der Waals surface area (Å²) in [6.45, 7) is 12.3. The van der Waals surface area contributed by atoms with Crippen molar-refractivity contribution in [2.45, 2.75) is 53.1 Å². The maximum absolute atomic E-state index is 11.6. The molecule has 1 aromatic carbocycles. The zero-order valence-corrected chi connectivity index (χ0v) is 19.3. The second kappa shape index (κ2) is 9.05. The van der Waals surface area contributed by atoms with E-state index in [1.54, 1.807) is 12.1 Å². The van der Waals surface area contributed by atoms with Gasteiger partial charge in [-0.25, -0.2) is 0 Å². The average Bonchev–Trinajstić information content (AvgIpc) is 3.06. The van der Waals surface area contributed by atoms with Crippen molar-refractivity contribution in [3.8, 4) is 0 Å². The summed E-state index contributed by atoms with van der Waals surface area (Å²) in [7, 11) is 1.98. The highest BCUT2D eigenvalue weighted by molar-refractivity contribution is 5.94. The SMILES string of the molecule is Cc1ccc(C(N)=O)cc1Nc1nc(N[C@H]2CN[C@H](C)C2)nc(N(C)CC(C)(C)C)n1. The number of nitrogens with two attached hydrogens (primary N) is 1. The van der Waals surface area contributed by atoms with Crippen LogP contribution in [0.4, 0.5) is 23.5 Å². The molecule has 1 fully saturated rings. The van der Waals surface area contributed by atoms with Crippen LogP contribution < -0.4 is 26.6 Å². The van der Waals surface area contributed by atoms with E-state index in [0.717, 1.165) is 30.8 Å². The summed E-state index contributed by atoms with van der Waals surface area (Å²) in [6.07, 6.45) is 1.00. The van der Waals surface area contributed by atoms with Crippen LogP contribution in [0.5, 0.6) is 0 Å². The Kier molecular flexibility index (Phi) is 6.64. The van der Waals surface area contributed by atoms with E-state index in [2.05, 4.69) is 58.6 Å². The number of nitrogens with zero attached hydrogens (tertiary/aromatic N) is 4. The third-order valence-corrected chi connectivity index (χ3v) is 5.13. The summed E-state index contributed by atoms with van der Waals surface area (Å²) in [5.74, 6) is 1.04. The molecule has 0 bridgehead atoms. The van der Waals surface area contributed by atoms with Crippen molar-refractivity contribution in [3.05, 3.63) is 29.3 Å². The van der Waals surface area contributed by atoms with Crippen molar-refractivity contribution < 1.29 is 4.79 Å². The fourth-order valence-electron chi connectivity index (χ4n) is 3.70. The summed E-state index contributed by atoms with van der Waals surface area (Å²) < 4.78 is 0. The van der Waals surface area contributed by atoms with Crippen LogP contribution in [0, 0.1) is 12.3 Å². The Morgan fingerprint density at radius 1 is 1.26 bits per heavy atom. The fraction of sp³-hybridized carbons (Fsp3) is 0.545. The highest BCUT2D eigenvalue weighted by Crippen LogP contribution is 2.24. The Morgan fingerprint density at radius 2 is 1.97 bits per heavy atom. The van der Waals surface area contributed by atoms with E-state index >= 15 is 0 Å². The Labute approximate surface area is 184 Å². The molecule has 2 atom stereocenters. The van der Waals surface area contributed by atoms with Crippen LogP contribution in [-0.2, 0) is 0 Å². The van der Waals surface area contributed by atoms with E-state index in [4.69, 9.17) is 5.73 Å². The molecule has 1 saturated heterocycles. The van der Waals surface area contributed by atoms with Gasteiger partial charge in [0.2, 0.25) is 23.8 Å². The molecule has 31 heavy (non-hydrogen) atoms. The summed E-state index contributed by atoms with van der Waals surface area (Å²) in [4.78, 5) is 27.5. The van der Waals surface area contributed by atoms with E-state index in [1.165, 1.54) is 0 Å². The van der Waals surface area contributed by atoms with Crippen LogP contribution in [0.15, 0.2) is 18.2 Å². The molecule has 0 spiro atoms. The van der Waals surface area contributed by atoms with E-state index in [1.807, 2.05) is 24.9 Å². The fourth-order valence-corrected chi connectivity index (χ4v) is 3.70. The second-order valence-corrected chi connectivity index (χ2v) is 9.60. The highest BCUT2D eigenvalue weighted by Gasteiger charge is 2.23. The van der Waals surface area contributed by atoms with Crippen molar-refractivity contribution in [2.75, 3.05) is 35.7 Å². The van der Waals surface area contributed by atoms with Gasteiger partial charge in [-0.1, -0.05) is 26.8 Å². The van der Waals surface area contributed by atoms with Gasteiger partial charge in [0.25, 0.3) is 0 Å². The number of carbonyl (C=O) groups is 1. The van der Waals surface area contributed by atoms with Gasteiger partial charge in [0, 0.05) is 43.5 Å². The molecular formula is C22H34N8O. The van der Waals surface area contributed by atoms with Gasteiger partial charge in [0.15, 0.2) is 0 Å². The van der Waals surface area contributed by atoms with E-state index < -0.39 is 5.91 Å². The van der Waals surface area contributed by atoms with E-state index in [-0.39, 0.29) is 11.5 Å². The molecule has 1 aromatic heterocycles. The van der Waals surface area contributed by atoms with E-state index in [9.17, 15) is 4.79 Å². The Bertz CT molecular complexity index is 940. The molecule has 9 heteroatoms. The first-order valence-electron chi connectivity index (χ1n) is 10.6. The molecule has 168 valence electrons. The third kappa shape index (κ3) is 6.27. The number of primary amides is 1. The third-order valence-electron chi connectivity index (χ3n) is 5.13. The molecule has 0 aliphatic carbocycles. The van der Waals surface area contributed by atoms with Crippen molar-refractivity contribution in [3.63, 3.8) is 0 Å². The Balaban J connectivity index is 1.92. The molecule has 3 rings (SSSR count). The first kappa shape index (κ1) is 22.7. The lowest BCUT2D eigenvalue weighted by atomic mass is 9.96. The number of hydrogen-bond acceptors (Lipinski definition) is 8. The van der Waals surface area contributed by atoms with Gasteiger partial charge in [-0.15, -0.1) is 0 Å². The van der Waals surface area contributed by atoms with Crippen molar-refractivity contribution in [1.82, 2.24) is 20.3 Å². The molecule has 0 saturated carbocycles. The second-order valence-electron chi connectivity index (χ2n) is 9.60. The number of benzene rings is 1. The number of nitrogens with one attached hydrogen (secondary N) is 3. The van der Waals surface area contributed by atoms with Gasteiger partial charge in [-0.2, -0.15) is 15.0 Å². The molecule has 1 aliphatic rings. The number of hydrogen-bond donors (Lipinski definition) is 4. The number of aromatic nitrogens is 3. The van der Waals surface area contributed by atoms with Crippen LogP contribution in [0.3, 0.4) is 0 Å². The van der Waals surface area contributed by atoms with Crippen LogP contribution in [0.25, 0.3) is 0 Å². The highest BCUT2D eigenvalue weighted by atomic mass is 16.1. The largest absolute Gasteiger partial charge is 0.366 e. The quantitative estimate of drug-likeness (QED) is 0.533. The molecule has 1 amide bonds. The standard InChI is InChI=1S/C22H34N8O/c1-13-7-8-15(18(23)31)10-17(13)26-20-27-19(25-16-9-14(2)24-11-16)28-21(29-20)30(6)12-22(3,4)5/h7-8,10,14,16,24H,9,11-12H2,1-6H3,(H2,23,31)(H2,25,26,27,28,29)/t14-,16-/m1/s1. The van der Waals surface area contributed by atoms with E-state index in [0.29, 0.717) is 29.5 Å². The van der Waals surface area contributed by atoms with Gasteiger partial charge in [-0.3, -0.25) is 4.79 Å². The number of anilines is 4. The first-order valence-corrected chi connectivity index (χ1v) is 10.6. The van der Waals surface area contributed by atoms with Crippen LogP contribution in [0.2, 0.25) is 0 Å². The topological polar surface area (TPSA) is 121 Å². The molecule has 0 radical (unpaired) electrons. The molecule has 5 N–H and O–H groups in total. The minimum Gasteiger partial charge on any atom is -0.366 e. The number of aryl methyl sites for hydroxylation is 1. The minimum atomic E-state index is -0.477. The van der Waals surface area contributed by atoms with Crippen LogP contribution in [0.1, 0.15) is 50.0 Å². The first-order chi connectivity index (χ1) is 14.5.